The molecule has 0 bridgehead atoms. The van der Waals surface area contributed by atoms with Crippen molar-refractivity contribution in [3.63, 3.8) is 0 Å². The number of carbonyl (C=O) groups is 1. The number of carbonyl (C=O) groups excluding carboxylic acids is 1. The van der Waals surface area contributed by atoms with Crippen LogP contribution >= 0.6 is 0 Å². The number of ketones is 1. The summed E-state index contributed by atoms with van der Waals surface area (Å²) in [6.07, 6.45) is -2.94. The predicted octanol–water partition coefficient (Wildman–Crippen LogP) is 4.79. The second-order valence-electron chi connectivity index (χ2n) is 6.98. The van der Waals surface area contributed by atoms with Gasteiger partial charge in [-0.15, -0.1) is 0 Å². The molecule has 0 amide bonds. The van der Waals surface area contributed by atoms with Gasteiger partial charge in [0.2, 0.25) is 0 Å². The van der Waals surface area contributed by atoms with E-state index in [1.807, 2.05) is 11.8 Å². The Bertz CT molecular complexity index is 763. The van der Waals surface area contributed by atoms with Crippen LogP contribution in [0, 0.1) is 0 Å². The first kappa shape index (κ1) is 18.4. The number of aromatic nitrogens is 1. The molecule has 0 N–H and O–H groups in total. The Kier molecular flexibility index (Phi) is 5.03. The molecule has 1 saturated heterocycles. The molecule has 3 rings (SSSR count). The molecule has 0 unspecified atom stereocenters. The summed E-state index contributed by atoms with van der Waals surface area (Å²) in [5.41, 5.74) is 1.62. The number of hydrogen-bond donors (Lipinski definition) is 0. The number of nitrogens with zero attached hydrogens (tertiary/aromatic N) is 2. The Labute approximate surface area is 150 Å². The number of anilines is 1. The third kappa shape index (κ3) is 4.06. The number of alkyl halides is 3. The van der Waals surface area contributed by atoms with Gasteiger partial charge in [0.15, 0.2) is 0 Å². The van der Waals surface area contributed by atoms with Crippen LogP contribution in [0.25, 0.3) is 0 Å². The van der Waals surface area contributed by atoms with Gasteiger partial charge < -0.3 is 9.69 Å². The topological polar surface area (TPSA) is 33.2 Å². The Morgan fingerprint density at radius 1 is 1.19 bits per heavy atom. The maximum Gasteiger partial charge on any atom is 0.417 e. The molecule has 1 aromatic carbocycles. The summed E-state index contributed by atoms with van der Waals surface area (Å²) in [5.74, 6) is 1.30. The van der Waals surface area contributed by atoms with Crippen LogP contribution in [-0.4, -0.2) is 23.9 Å². The number of hydrogen-bond acceptors (Lipinski definition) is 3. The van der Waals surface area contributed by atoms with Gasteiger partial charge in [0.1, 0.15) is 11.6 Å². The summed E-state index contributed by atoms with van der Waals surface area (Å²) >= 11 is 0. The molecule has 0 saturated carbocycles. The normalized spacial score (nSPS) is 16.3. The van der Waals surface area contributed by atoms with E-state index in [9.17, 15) is 18.0 Å². The number of Topliss-reactive ketones (excluding diaryl/α,β-unsaturated/α-hetero) is 1. The largest absolute Gasteiger partial charge is 0.417 e. The van der Waals surface area contributed by atoms with Crippen molar-refractivity contribution in [1.29, 1.82) is 0 Å². The quantitative estimate of drug-likeness (QED) is 0.767. The Morgan fingerprint density at radius 2 is 1.85 bits per heavy atom. The van der Waals surface area contributed by atoms with Crippen molar-refractivity contribution in [2.75, 3.05) is 18.0 Å². The van der Waals surface area contributed by atoms with Gasteiger partial charge in [-0.1, -0.05) is 31.2 Å². The molecule has 6 heteroatoms. The van der Waals surface area contributed by atoms with Gasteiger partial charge in [-0.2, -0.15) is 13.2 Å². The summed E-state index contributed by atoms with van der Waals surface area (Å²) in [4.78, 5) is 17.1. The second-order valence-corrected chi connectivity index (χ2v) is 6.98. The molecular formula is C20H21F3N2O. The van der Waals surface area contributed by atoms with Crippen LogP contribution in [0.4, 0.5) is 19.0 Å². The summed E-state index contributed by atoms with van der Waals surface area (Å²) in [5, 5.41) is 0. The first-order valence-corrected chi connectivity index (χ1v) is 8.61. The van der Waals surface area contributed by atoms with E-state index >= 15 is 0 Å². The first-order chi connectivity index (χ1) is 12.2. The molecule has 138 valence electrons. The number of rotatable bonds is 5. The van der Waals surface area contributed by atoms with E-state index < -0.39 is 11.7 Å². The molecule has 1 atom stereocenters. The minimum Gasteiger partial charge on any atom is -0.355 e. The van der Waals surface area contributed by atoms with Crippen molar-refractivity contribution < 1.29 is 18.0 Å². The lowest BCUT2D eigenvalue weighted by molar-refractivity contribution is -0.137. The van der Waals surface area contributed by atoms with E-state index in [4.69, 9.17) is 0 Å². The van der Waals surface area contributed by atoms with Gasteiger partial charge in [0, 0.05) is 31.6 Å². The molecule has 2 aromatic rings. The molecule has 3 nitrogen and oxygen atoms in total. The lowest BCUT2D eigenvalue weighted by Gasteiger charge is -2.40. The van der Waals surface area contributed by atoms with Crippen LogP contribution in [-0.2, 0) is 11.0 Å². The van der Waals surface area contributed by atoms with E-state index in [0.717, 1.165) is 30.9 Å². The predicted molar refractivity (Wildman–Crippen MR) is 94.3 cm³/mol. The minimum atomic E-state index is -4.36. The van der Waals surface area contributed by atoms with Crippen molar-refractivity contribution in [1.82, 2.24) is 4.98 Å². The zero-order valence-corrected chi connectivity index (χ0v) is 14.8. The van der Waals surface area contributed by atoms with Crippen molar-refractivity contribution >= 4 is 11.6 Å². The fraction of sp³-hybridized carbons (Fsp3) is 0.400. The SMILES string of the molecule is CC(=O)C[C@@H](C)c1ccc(C2CN(c3ccc(C(F)(F)F)cn3)C2)cc1. The Hall–Kier alpha value is -2.37. The zero-order valence-electron chi connectivity index (χ0n) is 14.8. The summed E-state index contributed by atoms with van der Waals surface area (Å²) in [6, 6.07) is 10.8. The number of halogens is 3. The van der Waals surface area contributed by atoms with Gasteiger partial charge in [-0.25, -0.2) is 4.98 Å². The van der Waals surface area contributed by atoms with E-state index in [1.54, 1.807) is 6.92 Å². The van der Waals surface area contributed by atoms with Crippen molar-refractivity contribution in [2.24, 2.45) is 0 Å². The molecule has 0 aliphatic carbocycles. The van der Waals surface area contributed by atoms with Gasteiger partial charge in [-0.05, 0) is 36.1 Å². The minimum absolute atomic E-state index is 0.181. The van der Waals surface area contributed by atoms with Crippen LogP contribution in [0.5, 0.6) is 0 Å². The maximum atomic E-state index is 12.6. The van der Waals surface area contributed by atoms with Crippen molar-refractivity contribution in [3.8, 4) is 0 Å². The molecule has 0 spiro atoms. The van der Waals surface area contributed by atoms with Crippen molar-refractivity contribution in [3.05, 3.63) is 59.3 Å². The fourth-order valence-corrected chi connectivity index (χ4v) is 3.26. The number of pyridine rings is 1. The Morgan fingerprint density at radius 3 is 2.35 bits per heavy atom. The highest BCUT2D eigenvalue weighted by Gasteiger charge is 2.32. The van der Waals surface area contributed by atoms with Gasteiger partial charge in [-0.3, -0.25) is 0 Å². The average Bonchev–Trinajstić information content (AvgIpc) is 2.53. The Balaban J connectivity index is 1.58. The zero-order chi connectivity index (χ0) is 18.9. The van der Waals surface area contributed by atoms with Crippen LogP contribution in [0.1, 0.15) is 48.8 Å². The summed E-state index contributed by atoms with van der Waals surface area (Å²) < 4.78 is 37.8. The maximum absolute atomic E-state index is 12.6. The second kappa shape index (κ2) is 7.09. The van der Waals surface area contributed by atoms with Crippen LogP contribution < -0.4 is 4.90 Å². The molecule has 1 aliphatic rings. The monoisotopic (exact) mass is 362 g/mol. The molecule has 1 aromatic heterocycles. The van der Waals surface area contributed by atoms with Crippen LogP contribution in [0.3, 0.4) is 0 Å². The molecular weight excluding hydrogens is 341 g/mol. The standard InChI is InChI=1S/C20H21F3N2O/c1-13(9-14(2)26)15-3-5-16(6-4-15)17-11-25(12-17)19-8-7-18(10-24-19)20(21,22)23/h3-8,10,13,17H,9,11-12H2,1-2H3/t13-/m1/s1. The average molecular weight is 362 g/mol. The molecule has 26 heavy (non-hydrogen) atoms. The van der Waals surface area contributed by atoms with Gasteiger partial charge >= 0.3 is 6.18 Å². The van der Waals surface area contributed by atoms with Gasteiger partial charge in [0.25, 0.3) is 0 Å². The first-order valence-electron chi connectivity index (χ1n) is 8.61. The van der Waals surface area contributed by atoms with E-state index in [-0.39, 0.29) is 11.7 Å². The summed E-state index contributed by atoms with van der Waals surface area (Å²) in [6.45, 7) is 5.11. The van der Waals surface area contributed by atoms with E-state index in [1.165, 1.54) is 11.6 Å². The fourth-order valence-electron chi connectivity index (χ4n) is 3.26. The molecule has 1 aliphatic heterocycles. The van der Waals surface area contributed by atoms with Crippen molar-refractivity contribution in [2.45, 2.75) is 38.3 Å². The third-order valence-electron chi connectivity index (χ3n) is 4.85. The van der Waals surface area contributed by atoms with Gasteiger partial charge in [0.05, 0.1) is 5.56 Å². The highest BCUT2D eigenvalue weighted by Crippen LogP contribution is 2.33. The smallest absolute Gasteiger partial charge is 0.355 e. The van der Waals surface area contributed by atoms with E-state index in [0.29, 0.717) is 18.2 Å². The van der Waals surface area contributed by atoms with Crippen LogP contribution in [0.15, 0.2) is 42.6 Å². The highest BCUT2D eigenvalue weighted by molar-refractivity contribution is 5.76. The highest BCUT2D eigenvalue weighted by atomic mass is 19.4. The lowest BCUT2D eigenvalue weighted by Crippen LogP contribution is -2.45. The molecule has 1 fully saturated rings. The van der Waals surface area contributed by atoms with E-state index in [2.05, 4.69) is 29.2 Å². The molecule has 2 heterocycles. The summed E-state index contributed by atoms with van der Waals surface area (Å²) in [7, 11) is 0. The number of benzene rings is 1. The molecule has 0 radical (unpaired) electrons. The van der Waals surface area contributed by atoms with Crippen LogP contribution in [0.2, 0.25) is 0 Å². The lowest BCUT2D eigenvalue weighted by atomic mass is 9.88. The third-order valence-corrected chi connectivity index (χ3v) is 4.85.